The van der Waals surface area contributed by atoms with Gasteiger partial charge in [0, 0.05) is 0 Å². The topological polar surface area (TPSA) is 43.1 Å². The van der Waals surface area contributed by atoms with E-state index in [0.717, 1.165) is 5.56 Å². The van der Waals surface area contributed by atoms with Crippen LogP contribution in [0.1, 0.15) is 5.56 Å². The zero-order chi connectivity index (χ0) is 7.40. The number of benzene rings is 1. The lowest BCUT2D eigenvalue weighted by molar-refractivity contribution is -0.117. The Kier molecular flexibility index (Phi) is 4.30. The summed E-state index contributed by atoms with van der Waals surface area (Å²) in [5.74, 6) is -0.286. The molecule has 0 aromatic heterocycles. The van der Waals surface area contributed by atoms with Crippen molar-refractivity contribution in [3.63, 3.8) is 0 Å². The molecule has 1 amide bonds. The van der Waals surface area contributed by atoms with Gasteiger partial charge in [-0.05, 0) is 5.56 Å². The monoisotopic (exact) mass is 171 g/mol. The average Bonchev–Trinajstić information content (AvgIpc) is 1.88. The van der Waals surface area contributed by atoms with Crippen molar-refractivity contribution in [2.24, 2.45) is 5.73 Å². The highest BCUT2D eigenvalue weighted by atomic mass is 35.5. The van der Waals surface area contributed by atoms with Gasteiger partial charge in [-0.25, -0.2) is 0 Å². The molecule has 2 nitrogen and oxygen atoms in total. The quantitative estimate of drug-likeness (QED) is 0.713. The Labute approximate surface area is 71.8 Å². The molecule has 0 atom stereocenters. The zero-order valence-electron chi connectivity index (χ0n) is 5.99. The summed E-state index contributed by atoms with van der Waals surface area (Å²) in [7, 11) is 0. The molecule has 0 fully saturated rings. The summed E-state index contributed by atoms with van der Waals surface area (Å²) in [6.45, 7) is 0. The fourth-order valence-electron chi connectivity index (χ4n) is 0.797. The van der Waals surface area contributed by atoms with E-state index in [0.29, 0.717) is 6.42 Å². The molecule has 1 rings (SSSR count). The van der Waals surface area contributed by atoms with Gasteiger partial charge in [-0.2, -0.15) is 0 Å². The van der Waals surface area contributed by atoms with Crippen LogP contribution < -0.4 is 5.73 Å². The van der Waals surface area contributed by atoms with Crippen molar-refractivity contribution in [3.05, 3.63) is 35.9 Å². The molecule has 0 unspecified atom stereocenters. The summed E-state index contributed by atoms with van der Waals surface area (Å²) in [5.41, 5.74) is 5.95. The van der Waals surface area contributed by atoms with Crippen LogP contribution in [-0.2, 0) is 11.2 Å². The Morgan fingerprint density at radius 2 is 1.82 bits per heavy atom. The second-order valence-corrected chi connectivity index (χ2v) is 2.13. The maximum Gasteiger partial charge on any atom is 0.221 e. The summed E-state index contributed by atoms with van der Waals surface area (Å²) < 4.78 is 0. The minimum Gasteiger partial charge on any atom is -0.369 e. The van der Waals surface area contributed by atoms with E-state index in [1.807, 2.05) is 30.3 Å². The van der Waals surface area contributed by atoms with E-state index >= 15 is 0 Å². The predicted octanol–water partition coefficient (Wildman–Crippen LogP) is 1.14. The lowest BCUT2D eigenvalue weighted by Crippen LogP contribution is -2.13. The first kappa shape index (κ1) is 9.98. The fraction of sp³-hybridized carbons (Fsp3) is 0.125. The van der Waals surface area contributed by atoms with Crippen LogP contribution in [0.3, 0.4) is 0 Å². The second-order valence-electron chi connectivity index (χ2n) is 2.13. The number of primary amides is 1. The first-order valence-corrected chi connectivity index (χ1v) is 3.11. The molecule has 0 saturated carbocycles. The van der Waals surface area contributed by atoms with Crippen LogP contribution in [0.15, 0.2) is 30.3 Å². The minimum absolute atomic E-state index is 0. The van der Waals surface area contributed by atoms with E-state index < -0.39 is 0 Å². The molecular weight excluding hydrogens is 162 g/mol. The molecule has 1 aromatic rings. The van der Waals surface area contributed by atoms with E-state index in [2.05, 4.69) is 0 Å². The van der Waals surface area contributed by atoms with E-state index in [4.69, 9.17) is 5.73 Å². The van der Waals surface area contributed by atoms with Gasteiger partial charge < -0.3 is 5.73 Å². The van der Waals surface area contributed by atoms with Crippen molar-refractivity contribution < 1.29 is 4.79 Å². The third kappa shape index (κ3) is 3.63. The Hall–Kier alpha value is -1.02. The number of amides is 1. The van der Waals surface area contributed by atoms with Crippen molar-refractivity contribution in [2.45, 2.75) is 6.42 Å². The molecule has 0 radical (unpaired) electrons. The lowest BCUT2D eigenvalue weighted by Gasteiger charge is -1.93. The van der Waals surface area contributed by atoms with E-state index in [-0.39, 0.29) is 18.3 Å². The first-order chi connectivity index (χ1) is 4.79. The highest BCUT2D eigenvalue weighted by Crippen LogP contribution is 1.97. The SMILES string of the molecule is Cl.NC(=O)Cc1ccccc1. The zero-order valence-corrected chi connectivity index (χ0v) is 6.80. The van der Waals surface area contributed by atoms with Crippen LogP contribution in [0.4, 0.5) is 0 Å². The molecule has 0 spiro atoms. The molecule has 3 heteroatoms. The van der Waals surface area contributed by atoms with Crippen LogP contribution in [0.2, 0.25) is 0 Å². The summed E-state index contributed by atoms with van der Waals surface area (Å²) >= 11 is 0. The molecule has 0 aliphatic heterocycles. The Morgan fingerprint density at radius 1 is 1.27 bits per heavy atom. The maximum absolute atomic E-state index is 10.4. The molecule has 0 aliphatic carbocycles. The van der Waals surface area contributed by atoms with E-state index in [1.54, 1.807) is 0 Å². The van der Waals surface area contributed by atoms with Crippen LogP contribution in [0.25, 0.3) is 0 Å². The van der Waals surface area contributed by atoms with Gasteiger partial charge in [0.1, 0.15) is 0 Å². The lowest BCUT2D eigenvalue weighted by atomic mass is 10.1. The van der Waals surface area contributed by atoms with Crippen molar-refractivity contribution >= 4 is 18.3 Å². The first-order valence-electron chi connectivity index (χ1n) is 3.11. The molecule has 11 heavy (non-hydrogen) atoms. The molecule has 0 aliphatic rings. The summed E-state index contributed by atoms with van der Waals surface area (Å²) in [6.07, 6.45) is 0.334. The molecule has 60 valence electrons. The van der Waals surface area contributed by atoms with Gasteiger partial charge in [-0.3, -0.25) is 4.79 Å². The van der Waals surface area contributed by atoms with Crippen molar-refractivity contribution in [3.8, 4) is 0 Å². The van der Waals surface area contributed by atoms with Crippen LogP contribution in [-0.4, -0.2) is 5.91 Å². The van der Waals surface area contributed by atoms with Crippen molar-refractivity contribution in [1.29, 1.82) is 0 Å². The van der Waals surface area contributed by atoms with Gasteiger partial charge in [-0.1, -0.05) is 30.3 Å². The third-order valence-corrected chi connectivity index (χ3v) is 1.22. The van der Waals surface area contributed by atoms with Crippen LogP contribution in [0, 0.1) is 0 Å². The van der Waals surface area contributed by atoms with Crippen LogP contribution in [0.5, 0.6) is 0 Å². The number of carbonyl (C=O) groups is 1. The normalized spacial score (nSPS) is 8.36. The highest BCUT2D eigenvalue weighted by molar-refractivity contribution is 5.85. The van der Waals surface area contributed by atoms with E-state index in [9.17, 15) is 4.79 Å². The predicted molar refractivity (Wildman–Crippen MR) is 46.6 cm³/mol. The standard InChI is InChI=1S/C8H9NO.ClH/c9-8(10)6-7-4-2-1-3-5-7;/h1-5H,6H2,(H2,9,10);1H. The summed E-state index contributed by atoms with van der Waals surface area (Å²) in [5, 5.41) is 0. The van der Waals surface area contributed by atoms with Crippen molar-refractivity contribution in [2.75, 3.05) is 0 Å². The number of hydrogen-bond donors (Lipinski definition) is 1. The highest BCUT2D eigenvalue weighted by Gasteiger charge is 1.94. The molecule has 0 heterocycles. The molecule has 1 aromatic carbocycles. The van der Waals surface area contributed by atoms with Crippen LogP contribution >= 0.6 is 12.4 Å². The molecule has 2 N–H and O–H groups in total. The largest absolute Gasteiger partial charge is 0.369 e. The van der Waals surface area contributed by atoms with Gasteiger partial charge in [0.25, 0.3) is 0 Å². The number of rotatable bonds is 2. The number of halogens is 1. The Morgan fingerprint density at radius 3 is 2.27 bits per heavy atom. The fourth-order valence-corrected chi connectivity index (χ4v) is 0.797. The average molecular weight is 172 g/mol. The minimum atomic E-state index is -0.286. The smallest absolute Gasteiger partial charge is 0.221 e. The van der Waals surface area contributed by atoms with Gasteiger partial charge in [0.05, 0.1) is 6.42 Å². The van der Waals surface area contributed by atoms with E-state index in [1.165, 1.54) is 0 Å². The maximum atomic E-state index is 10.4. The summed E-state index contributed by atoms with van der Waals surface area (Å²) in [4.78, 5) is 10.4. The third-order valence-electron chi connectivity index (χ3n) is 1.22. The van der Waals surface area contributed by atoms with Gasteiger partial charge >= 0.3 is 0 Å². The molecular formula is C8H10ClNO. The van der Waals surface area contributed by atoms with Gasteiger partial charge in [0.15, 0.2) is 0 Å². The Bertz CT molecular complexity index is 223. The summed E-state index contributed by atoms with van der Waals surface area (Å²) in [6, 6.07) is 9.44. The number of nitrogens with two attached hydrogens (primary N) is 1. The van der Waals surface area contributed by atoms with Gasteiger partial charge in [0.2, 0.25) is 5.91 Å². The second kappa shape index (κ2) is 4.74. The molecule has 0 bridgehead atoms. The number of carbonyl (C=O) groups excluding carboxylic acids is 1. The van der Waals surface area contributed by atoms with Crippen molar-refractivity contribution in [1.82, 2.24) is 0 Å². The number of hydrogen-bond acceptors (Lipinski definition) is 1. The Balaban J connectivity index is 0.000001000. The van der Waals surface area contributed by atoms with Gasteiger partial charge in [-0.15, -0.1) is 12.4 Å². The molecule has 0 saturated heterocycles.